The molecule has 0 rings (SSSR count). The Kier molecular flexibility index (Phi) is 7.06. The molecule has 2 N–H and O–H groups in total. The number of hydrogen-bond donors (Lipinski definition) is 2. The molecule has 0 bridgehead atoms. The van der Waals surface area contributed by atoms with Crippen molar-refractivity contribution in [1.82, 2.24) is 0 Å². The zero-order valence-electron chi connectivity index (χ0n) is 8.69. The Morgan fingerprint density at radius 2 is 2.21 bits per heavy atom. The number of esters is 1. The molecular weight excluding hydrogens is 184 g/mol. The number of aliphatic hydroxyl groups is 2. The highest BCUT2D eigenvalue weighted by Crippen LogP contribution is 2.01. The highest BCUT2D eigenvalue weighted by atomic mass is 16.5. The number of rotatable bonds is 6. The van der Waals surface area contributed by atoms with E-state index in [1.54, 1.807) is 19.9 Å². The van der Waals surface area contributed by atoms with Crippen LogP contribution in [0, 0.1) is 0 Å². The quantitative estimate of drug-likeness (QED) is 0.376. The molecule has 0 aliphatic rings. The van der Waals surface area contributed by atoms with Crippen molar-refractivity contribution in [2.75, 3.05) is 13.2 Å². The average molecular weight is 202 g/mol. The summed E-state index contributed by atoms with van der Waals surface area (Å²) < 4.78 is 4.83. The van der Waals surface area contributed by atoms with E-state index < -0.39 is 6.10 Å². The van der Waals surface area contributed by atoms with Crippen molar-refractivity contribution in [3.63, 3.8) is 0 Å². The van der Waals surface area contributed by atoms with Crippen LogP contribution in [-0.2, 0) is 9.53 Å². The normalized spacial score (nSPS) is 13.9. The van der Waals surface area contributed by atoms with Gasteiger partial charge in [0.05, 0.1) is 12.7 Å². The van der Waals surface area contributed by atoms with Crippen LogP contribution in [0.4, 0.5) is 0 Å². The fraction of sp³-hybridized carbons (Fsp3) is 0.700. The maximum Gasteiger partial charge on any atom is 0.333 e. The number of hydrogen-bond acceptors (Lipinski definition) is 4. The van der Waals surface area contributed by atoms with E-state index in [0.29, 0.717) is 18.4 Å². The minimum atomic E-state index is -0.449. The van der Waals surface area contributed by atoms with E-state index in [9.17, 15) is 4.79 Å². The van der Waals surface area contributed by atoms with Crippen molar-refractivity contribution in [2.45, 2.75) is 32.8 Å². The number of aliphatic hydroxyl groups excluding tert-OH is 2. The van der Waals surface area contributed by atoms with Crippen LogP contribution in [0.15, 0.2) is 11.6 Å². The fourth-order valence-corrected chi connectivity index (χ4v) is 0.774. The molecule has 4 heteroatoms. The van der Waals surface area contributed by atoms with Crippen LogP contribution >= 0.6 is 0 Å². The highest BCUT2D eigenvalue weighted by Gasteiger charge is 2.05. The van der Waals surface area contributed by atoms with Crippen LogP contribution in [0.25, 0.3) is 0 Å². The van der Waals surface area contributed by atoms with E-state index in [2.05, 4.69) is 0 Å². The minimum absolute atomic E-state index is 0.0176. The third kappa shape index (κ3) is 6.62. The second-order valence-corrected chi connectivity index (χ2v) is 3.18. The molecule has 1 unspecified atom stereocenters. The van der Waals surface area contributed by atoms with Gasteiger partial charge in [-0.3, -0.25) is 0 Å². The van der Waals surface area contributed by atoms with Gasteiger partial charge in [0.2, 0.25) is 0 Å². The molecule has 0 aliphatic heterocycles. The van der Waals surface area contributed by atoms with Crippen molar-refractivity contribution in [1.29, 1.82) is 0 Å². The van der Waals surface area contributed by atoms with Gasteiger partial charge in [0.25, 0.3) is 0 Å². The summed E-state index contributed by atoms with van der Waals surface area (Å²) in [6.45, 7) is 3.55. The SMILES string of the molecule is CC(=CCC(C)O)C(=O)OCCCO. The summed E-state index contributed by atoms with van der Waals surface area (Å²) in [7, 11) is 0. The van der Waals surface area contributed by atoms with Gasteiger partial charge in [-0.05, 0) is 20.3 Å². The summed E-state index contributed by atoms with van der Waals surface area (Å²) in [6.07, 6.45) is 2.10. The Hall–Kier alpha value is -0.870. The van der Waals surface area contributed by atoms with E-state index >= 15 is 0 Å². The molecule has 0 fully saturated rings. The smallest absolute Gasteiger partial charge is 0.333 e. The van der Waals surface area contributed by atoms with Crippen LogP contribution < -0.4 is 0 Å². The summed E-state index contributed by atoms with van der Waals surface area (Å²) in [5.74, 6) is -0.390. The van der Waals surface area contributed by atoms with Gasteiger partial charge < -0.3 is 14.9 Å². The van der Waals surface area contributed by atoms with Crippen LogP contribution in [0.3, 0.4) is 0 Å². The molecule has 1 atom stereocenters. The Bertz CT molecular complexity index is 196. The third-order valence-electron chi connectivity index (χ3n) is 1.62. The van der Waals surface area contributed by atoms with Gasteiger partial charge in [-0.15, -0.1) is 0 Å². The predicted octanol–water partition coefficient (Wildman–Crippen LogP) is 0.629. The lowest BCUT2D eigenvalue weighted by Gasteiger charge is -2.04. The van der Waals surface area contributed by atoms with Crippen LogP contribution in [-0.4, -0.2) is 35.5 Å². The van der Waals surface area contributed by atoms with Gasteiger partial charge >= 0.3 is 5.97 Å². The second kappa shape index (κ2) is 7.53. The first kappa shape index (κ1) is 13.1. The molecule has 0 aromatic heterocycles. The highest BCUT2D eigenvalue weighted by molar-refractivity contribution is 5.87. The van der Waals surface area contributed by atoms with Crippen LogP contribution in [0.5, 0.6) is 0 Å². The van der Waals surface area contributed by atoms with Crippen molar-refractivity contribution in [2.24, 2.45) is 0 Å². The number of ether oxygens (including phenoxy) is 1. The summed E-state index contributed by atoms with van der Waals surface area (Å²) in [6, 6.07) is 0. The first-order valence-corrected chi connectivity index (χ1v) is 4.70. The Balaban J connectivity index is 3.80. The summed E-state index contributed by atoms with van der Waals surface area (Å²) >= 11 is 0. The minimum Gasteiger partial charge on any atom is -0.462 e. The number of carbonyl (C=O) groups is 1. The van der Waals surface area contributed by atoms with Crippen molar-refractivity contribution in [3.8, 4) is 0 Å². The zero-order valence-corrected chi connectivity index (χ0v) is 8.69. The van der Waals surface area contributed by atoms with Gasteiger partial charge in [0.1, 0.15) is 0 Å². The van der Waals surface area contributed by atoms with Gasteiger partial charge in [-0.1, -0.05) is 6.08 Å². The van der Waals surface area contributed by atoms with Gasteiger partial charge in [0.15, 0.2) is 0 Å². The molecule has 0 amide bonds. The molecule has 82 valence electrons. The summed E-state index contributed by atoms with van der Waals surface area (Å²) in [5, 5.41) is 17.4. The van der Waals surface area contributed by atoms with Crippen LogP contribution in [0.2, 0.25) is 0 Å². The largest absolute Gasteiger partial charge is 0.462 e. The van der Waals surface area contributed by atoms with Crippen molar-refractivity contribution >= 4 is 5.97 Å². The molecular formula is C10H18O4. The molecule has 0 aromatic carbocycles. The van der Waals surface area contributed by atoms with E-state index in [-0.39, 0.29) is 19.2 Å². The second-order valence-electron chi connectivity index (χ2n) is 3.18. The standard InChI is InChI=1S/C10H18O4/c1-8(4-5-9(2)12)10(13)14-7-3-6-11/h4,9,11-12H,3,5-7H2,1-2H3. The molecule has 14 heavy (non-hydrogen) atoms. The number of carbonyl (C=O) groups excluding carboxylic acids is 1. The van der Waals surface area contributed by atoms with Crippen LogP contribution in [0.1, 0.15) is 26.7 Å². The molecule has 0 saturated heterocycles. The zero-order chi connectivity index (χ0) is 11.0. The lowest BCUT2D eigenvalue weighted by atomic mass is 10.2. The molecule has 0 aliphatic carbocycles. The topological polar surface area (TPSA) is 66.8 Å². The maximum absolute atomic E-state index is 11.2. The molecule has 0 saturated carbocycles. The monoisotopic (exact) mass is 202 g/mol. The lowest BCUT2D eigenvalue weighted by Crippen LogP contribution is -2.08. The first-order chi connectivity index (χ1) is 6.57. The molecule has 0 spiro atoms. The first-order valence-electron chi connectivity index (χ1n) is 4.70. The summed E-state index contributed by atoms with van der Waals surface area (Å²) in [5.41, 5.74) is 0.490. The van der Waals surface area contributed by atoms with Crippen molar-refractivity contribution < 1.29 is 19.7 Å². The Morgan fingerprint density at radius 1 is 1.57 bits per heavy atom. The fourth-order valence-electron chi connectivity index (χ4n) is 0.774. The molecule has 0 aromatic rings. The van der Waals surface area contributed by atoms with E-state index in [0.717, 1.165) is 0 Å². The summed E-state index contributed by atoms with van der Waals surface area (Å²) in [4.78, 5) is 11.2. The molecule has 4 nitrogen and oxygen atoms in total. The Labute approximate surface area is 84.2 Å². The lowest BCUT2D eigenvalue weighted by molar-refractivity contribution is -0.139. The average Bonchev–Trinajstić information content (AvgIpc) is 2.14. The predicted molar refractivity (Wildman–Crippen MR) is 52.7 cm³/mol. The van der Waals surface area contributed by atoms with E-state index in [4.69, 9.17) is 14.9 Å². The molecule has 0 radical (unpaired) electrons. The van der Waals surface area contributed by atoms with Crippen molar-refractivity contribution in [3.05, 3.63) is 11.6 Å². The maximum atomic E-state index is 11.2. The van der Waals surface area contributed by atoms with Gasteiger partial charge in [-0.2, -0.15) is 0 Å². The van der Waals surface area contributed by atoms with E-state index in [1.807, 2.05) is 0 Å². The van der Waals surface area contributed by atoms with E-state index in [1.165, 1.54) is 0 Å². The molecule has 0 heterocycles. The van der Waals surface area contributed by atoms with Gasteiger partial charge in [0, 0.05) is 18.6 Å². The Morgan fingerprint density at radius 3 is 2.71 bits per heavy atom. The van der Waals surface area contributed by atoms with Gasteiger partial charge in [-0.25, -0.2) is 4.79 Å². The third-order valence-corrected chi connectivity index (χ3v) is 1.62.